The Bertz CT molecular complexity index is 735. The first kappa shape index (κ1) is 25.4. The van der Waals surface area contributed by atoms with Crippen molar-refractivity contribution in [2.24, 2.45) is 0 Å². The second-order valence-electron chi connectivity index (χ2n) is 5.95. The summed E-state index contributed by atoms with van der Waals surface area (Å²) in [5.74, 6) is -2.33. The molecule has 0 aromatic heterocycles. The third-order valence-corrected chi connectivity index (χ3v) is 8.17. The fourth-order valence-corrected chi connectivity index (χ4v) is 6.08. The van der Waals surface area contributed by atoms with E-state index >= 15 is 0 Å². The normalized spacial score (nSPS) is 13.1. The van der Waals surface area contributed by atoms with Crippen molar-refractivity contribution in [2.45, 2.75) is 44.9 Å². The zero-order valence-electron chi connectivity index (χ0n) is 16.8. The predicted molar refractivity (Wildman–Crippen MR) is 107 cm³/mol. The van der Waals surface area contributed by atoms with Gasteiger partial charge in [-0.15, -0.1) is 0 Å². The summed E-state index contributed by atoms with van der Waals surface area (Å²) in [4.78, 5) is 24.2. The first-order valence-electron chi connectivity index (χ1n) is 9.38. The molecule has 0 saturated heterocycles. The number of carbonyl (C=O) groups is 2. The minimum Gasteiger partial charge on any atom is -0.388 e. The zero-order valence-corrected chi connectivity index (χ0v) is 18.6. The molecule has 1 N–H and O–H groups in total. The van der Waals surface area contributed by atoms with Gasteiger partial charge in [0, 0.05) is 25.9 Å². The zero-order chi connectivity index (χ0) is 21.9. The van der Waals surface area contributed by atoms with Gasteiger partial charge in [-0.05, 0) is 45.7 Å². The second-order valence-corrected chi connectivity index (χ2v) is 10.3. The molecule has 0 fully saturated rings. The summed E-state index contributed by atoms with van der Waals surface area (Å²) in [6.07, 6.45) is -0.132. The van der Waals surface area contributed by atoms with E-state index in [-0.39, 0.29) is 24.4 Å². The van der Waals surface area contributed by atoms with Crippen molar-refractivity contribution in [3.8, 4) is 0 Å². The number of esters is 2. The predicted octanol–water partition coefficient (Wildman–Crippen LogP) is 2.46. The van der Waals surface area contributed by atoms with E-state index in [4.69, 9.17) is 13.3 Å². The van der Waals surface area contributed by atoms with Gasteiger partial charge >= 0.3 is 20.7 Å². The molecular formula is C18H28O9SSi. The Balaban J connectivity index is 2.83. The summed E-state index contributed by atoms with van der Waals surface area (Å²) >= 11 is 0. The Kier molecular flexibility index (Phi) is 10.6. The van der Waals surface area contributed by atoms with Crippen molar-refractivity contribution in [3.05, 3.63) is 35.9 Å². The van der Waals surface area contributed by atoms with Gasteiger partial charge < -0.3 is 18.0 Å². The summed E-state index contributed by atoms with van der Waals surface area (Å²) in [6.45, 7) is 6.40. The molecule has 0 saturated carbocycles. The number of ether oxygens (including phenoxy) is 1. The number of rotatable bonds is 13. The van der Waals surface area contributed by atoms with Crippen LogP contribution < -0.4 is 0 Å². The van der Waals surface area contributed by atoms with Gasteiger partial charge in [0.2, 0.25) is 0 Å². The maximum atomic E-state index is 12.2. The molecule has 0 aliphatic heterocycles. The molecular weight excluding hydrogens is 420 g/mol. The van der Waals surface area contributed by atoms with Crippen LogP contribution in [0.2, 0.25) is 6.04 Å². The molecule has 9 nitrogen and oxygen atoms in total. The molecule has 0 radical (unpaired) electrons. The molecule has 1 aromatic rings. The number of hydrogen-bond acceptors (Lipinski definition) is 8. The Labute approximate surface area is 172 Å². The lowest BCUT2D eigenvalue weighted by atomic mass is 10.2. The molecule has 0 aliphatic carbocycles. The Hall–Kier alpha value is -1.63. The van der Waals surface area contributed by atoms with Crippen LogP contribution in [0.15, 0.2) is 30.3 Å². The third kappa shape index (κ3) is 8.32. The van der Waals surface area contributed by atoms with Gasteiger partial charge in [0.1, 0.15) is 0 Å². The fraction of sp³-hybridized carbons (Fsp3) is 0.556. The van der Waals surface area contributed by atoms with Crippen molar-refractivity contribution >= 4 is 30.9 Å². The standard InChI is InChI=1S/C18H28O9SSi/c1-4-24-29(25-5-2,26-6-3)14-10-13-16(28(21,22)23)18(20)27-17(19)15-11-8-7-9-12-15/h7-9,11-12,16H,4-6,10,13-14H2,1-3H3,(H,21,22,23). The van der Waals surface area contributed by atoms with Crippen LogP contribution >= 0.6 is 0 Å². The van der Waals surface area contributed by atoms with E-state index in [9.17, 15) is 22.6 Å². The van der Waals surface area contributed by atoms with Gasteiger partial charge in [-0.3, -0.25) is 9.35 Å². The third-order valence-electron chi connectivity index (χ3n) is 3.87. The van der Waals surface area contributed by atoms with Crippen LogP contribution in [0.5, 0.6) is 0 Å². The van der Waals surface area contributed by atoms with Gasteiger partial charge in [0.25, 0.3) is 10.1 Å². The maximum Gasteiger partial charge on any atom is 0.500 e. The first-order chi connectivity index (χ1) is 13.7. The monoisotopic (exact) mass is 448 g/mol. The molecule has 0 spiro atoms. The molecule has 1 unspecified atom stereocenters. The minimum atomic E-state index is -4.78. The summed E-state index contributed by atoms with van der Waals surface area (Å²) in [7, 11) is -7.82. The Morgan fingerprint density at radius 3 is 1.97 bits per heavy atom. The van der Waals surface area contributed by atoms with Crippen LogP contribution in [0.25, 0.3) is 0 Å². The van der Waals surface area contributed by atoms with E-state index in [1.165, 1.54) is 12.1 Å². The molecule has 0 aliphatic rings. The topological polar surface area (TPSA) is 125 Å². The minimum absolute atomic E-state index is 0.0883. The van der Waals surface area contributed by atoms with Crippen molar-refractivity contribution in [2.75, 3.05) is 19.8 Å². The molecule has 0 amide bonds. The molecule has 0 bridgehead atoms. The smallest absolute Gasteiger partial charge is 0.388 e. The van der Waals surface area contributed by atoms with E-state index < -0.39 is 36.1 Å². The van der Waals surface area contributed by atoms with Crippen LogP contribution in [-0.4, -0.2) is 58.8 Å². The van der Waals surface area contributed by atoms with Gasteiger partial charge in [0.15, 0.2) is 5.25 Å². The van der Waals surface area contributed by atoms with Crippen molar-refractivity contribution in [1.82, 2.24) is 0 Å². The molecule has 164 valence electrons. The summed E-state index contributed by atoms with van der Waals surface area (Å²) in [6, 6.07) is 7.90. The van der Waals surface area contributed by atoms with Gasteiger partial charge in [-0.1, -0.05) is 18.2 Å². The second kappa shape index (κ2) is 12.2. The average molecular weight is 449 g/mol. The highest BCUT2D eigenvalue weighted by atomic mass is 32.2. The van der Waals surface area contributed by atoms with Crippen LogP contribution in [0.3, 0.4) is 0 Å². The average Bonchev–Trinajstić information content (AvgIpc) is 2.65. The summed E-state index contributed by atoms with van der Waals surface area (Å²) in [5.41, 5.74) is 0.0883. The highest BCUT2D eigenvalue weighted by Gasteiger charge is 2.41. The lowest BCUT2D eigenvalue weighted by molar-refractivity contribution is -0.137. The fourth-order valence-electron chi connectivity index (χ4n) is 2.68. The van der Waals surface area contributed by atoms with Gasteiger partial charge in [-0.2, -0.15) is 8.42 Å². The van der Waals surface area contributed by atoms with Crippen molar-refractivity contribution in [3.63, 3.8) is 0 Å². The summed E-state index contributed by atoms with van der Waals surface area (Å²) < 4.78 is 54.5. The Morgan fingerprint density at radius 1 is 1.00 bits per heavy atom. The molecule has 29 heavy (non-hydrogen) atoms. The van der Waals surface area contributed by atoms with E-state index in [2.05, 4.69) is 4.74 Å². The first-order valence-corrected chi connectivity index (χ1v) is 12.8. The number of benzene rings is 1. The maximum absolute atomic E-state index is 12.2. The van der Waals surface area contributed by atoms with Crippen molar-refractivity contribution in [1.29, 1.82) is 0 Å². The van der Waals surface area contributed by atoms with E-state index in [0.717, 1.165) is 0 Å². The van der Waals surface area contributed by atoms with Crippen LogP contribution in [0.1, 0.15) is 44.0 Å². The van der Waals surface area contributed by atoms with E-state index in [1.807, 2.05) is 0 Å². The number of hydrogen-bond donors (Lipinski definition) is 1. The SMILES string of the molecule is CCO[Si](CCCC(C(=O)OC(=O)c1ccccc1)S(=O)(=O)O)(OCC)OCC. The molecule has 1 aromatic carbocycles. The van der Waals surface area contributed by atoms with Crippen LogP contribution in [0, 0.1) is 0 Å². The van der Waals surface area contributed by atoms with E-state index in [0.29, 0.717) is 19.8 Å². The van der Waals surface area contributed by atoms with Crippen LogP contribution in [0.4, 0.5) is 0 Å². The quantitative estimate of drug-likeness (QED) is 0.209. The lowest BCUT2D eigenvalue weighted by Gasteiger charge is -2.28. The van der Waals surface area contributed by atoms with Gasteiger partial charge in [0.05, 0.1) is 5.56 Å². The highest BCUT2D eigenvalue weighted by molar-refractivity contribution is 7.87. The lowest BCUT2D eigenvalue weighted by Crippen LogP contribution is -2.46. The largest absolute Gasteiger partial charge is 0.500 e. The van der Waals surface area contributed by atoms with Crippen molar-refractivity contribution < 1.29 is 40.6 Å². The molecule has 1 atom stereocenters. The molecule has 1 rings (SSSR count). The Morgan fingerprint density at radius 2 is 1.52 bits per heavy atom. The van der Waals surface area contributed by atoms with E-state index in [1.54, 1.807) is 39.0 Å². The molecule has 0 heterocycles. The van der Waals surface area contributed by atoms with Gasteiger partial charge in [-0.25, -0.2) is 4.79 Å². The molecule has 11 heteroatoms. The van der Waals surface area contributed by atoms with Crippen LogP contribution in [-0.2, 0) is 32.9 Å². The number of carbonyl (C=O) groups excluding carboxylic acids is 2. The highest BCUT2D eigenvalue weighted by Crippen LogP contribution is 2.22. The summed E-state index contributed by atoms with van der Waals surface area (Å²) in [5, 5.41) is -1.90.